The van der Waals surface area contributed by atoms with E-state index in [0.29, 0.717) is 5.56 Å². The summed E-state index contributed by atoms with van der Waals surface area (Å²) in [6.45, 7) is 3.02. The Morgan fingerprint density at radius 3 is 2.42 bits per heavy atom. The molecule has 0 aliphatic carbocycles. The highest BCUT2D eigenvalue weighted by Crippen LogP contribution is 2.17. The van der Waals surface area contributed by atoms with Gasteiger partial charge in [0.05, 0.1) is 0 Å². The number of nitrogens with two attached hydrogens (primary N) is 1. The zero-order valence-corrected chi connectivity index (χ0v) is 12.3. The molecule has 0 radical (unpaired) electrons. The molecule has 0 aliphatic heterocycles. The first-order valence-corrected chi connectivity index (χ1v) is 6.84. The smallest absolute Gasteiger partial charge is 0.127 e. The van der Waals surface area contributed by atoms with E-state index in [4.69, 9.17) is 5.73 Å². The van der Waals surface area contributed by atoms with E-state index in [-0.39, 0.29) is 11.9 Å². The Kier molecular flexibility index (Phi) is 6.99. The molecule has 1 unspecified atom stereocenters. The maximum atomic E-state index is 13.6. The first-order chi connectivity index (χ1) is 9.00. The fourth-order valence-electron chi connectivity index (χ4n) is 2.06. The quantitative estimate of drug-likeness (QED) is 0.783. The Labute approximate surface area is 116 Å². The molecular formula is C15H26FN3. The van der Waals surface area contributed by atoms with Crippen LogP contribution in [0.15, 0.2) is 24.3 Å². The van der Waals surface area contributed by atoms with Gasteiger partial charge in [0, 0.05) is 11.6 Å². The Bertz CT molecular complexity index is 368. The van der Waals surface area contributed by atoms with Gasteiger partial charge in [0.25, 0.3) is 0 Å². The third kappa shape index (κ3) is 6.14. The zero-order chi connectivity index (χ0) is 14.3. The van der Waals surface area contributed by atoms with E-state index in [1.54, 1.807) is 12.1 Å². The molecule has 108 valence electrons. The Hall–Kier alpha value is -0.970. The Balaban J connectivity index is 2.30. The van der Waals surface area contributed by atoms with E-state index in [1.165, 1.54) is 6.07 Å². The molecule has 0 heterocycles. The minimum atomic E-state index is -0.225. The third-order valence-corrected chi connectivity index (χ3v) is 3.27. The van der Waals surface area contributed by atoms with Crippen LogP contribution in [0.2, 0.25) is 0 Å². The van der Waals surface area contributed by atoms with Crippen LogP contribution in [0.1, 0.15) is 24.4 Å². The van der Waals surface area contributed by atoms with Crippen molar-refractivity contribution in [1.29, 1.82) is 0 Å². The maximum absolute atomic E-state index is 13.6. The van der Waals surface area contributed by atoms with Gasteiger partial charge < -0.3 is 15.5 Å². The minimum Gasteiger partial charge on any atom is -0.324 e. The monoisotopic (exact) mass is 267 g/mol. The normalized spacial score (nSPS) is 13.2. The summed E-state index contributed by atoms with van der Waals surface area (Å²) in [5, 5.41) is 0. The van der Waals surface area contributed by atoms with Crippen molar-refractivity contribution in [2.45, 2.75) is 18.9 Å². The molecular weight excluding hydrogens is 241 g/mol. The standard InChI is InChI=1S/C15H26FN3/c1-18(2)10-6-11-19(3)12-9-15(17)13-7-4-5-8-14(13)16/h4-5,7-8,15H,6,9-12,17H2,1-3H3. The molecule has 2 N–H and O–H groups in total. The van der Waals surface area contributed by atoms with Crippen LogP contribution in [0.4, 0.5) is 4.39 Å². The molecule has 0 aromatic heterocycles. The zero-order valence-electron chi connectivity index (χ0n) is 12.3. The van der Waals surface area contributed by atoms with Gasteiger partial charge in [-0.25, -0.2) is 4.39 Å². The van der Waals surface area contributed by atoms with E-state index >= 15 is 0 Å². The second-order valence-corrected chi connectivity index (χ2v) is 5.38. The van der Waals surface area contributed by atoms with Crippen LogP contribution in [-0.4, -0.2) is 50.6 Å². The minimum absolute atomic E-state index is 0.203. The summed E-state index contributed by atoms with van der Waals surface area (Å²) < 4.78 is 13.6. The lowest BCUT2D eigenvalue weighted by molar-refractivity contribution is 0.290. The van der Waals surface area contributed by atoms with Gasteiger partial charge in [0.15, 0.2) is 0 Å². The second-order valence-electron chi connectivity index (χ2n) is 5.38. The summed E-state index contributed by atoms with van der Waals surface area (Å²) in [7, 11) is 6.24. The lowest BCUT2D eigenvalue weighted by Gasteiger charge is -2.20. The fourth-order valence-corrected chi connectivity index (χ4v) is 2.06. The van der Waals surface area contributed by atoms with E-state index in [1.807, 2.05) is 6.07 Å². The lowest BCUT2D eigenvalue weighted by Crippen LogP contribution is -2.27. The van der Waals surface area contributed by atoms with Crippen LogP contribution >= 0.6 is 0 Å². The molecule has 0 saturated heterocycles. The highest BCUT2D eigenvalue weighted by molar-refractivity contribution is 5.20. The summed E-state index contributed by atoms with van der Waals surface area (Å²) in [6, 6.07) is 6.54. The first-order valence-electron chi connectivity index (χ1n) is 6.84. The van der Waals surface area contributed by atoms with Crippen molar-refractivity contribution in [3.63, 3.8) is 0 Å². The van der Waals surface area contributed by atoms with Crippen molar-refractivity contribution in [1.82, 2.24) is 9.80 Å². The molecule has 1 aromatic rings. The summed E-state index contributed by atoms with van der Waals surface area (Å²) in [4.78, 5) is 4.43. The van der Waals surface area contributed by atoms with E-state index in [9.17, 15) is 4.39 Å². The first kappa shape index (κ1) is 16.1. The number of nitrogens with zero attached hydrogens (tertiary/aromatic N) is 2. The molecule has 19 heavy (non-hydrogen) atoms. The van der Waals surface area contributed by atoms with Crippen LogP contribution in [0, 0.1) is 5.82 Å². The van der Waals surface area contributed by atoms with Crippen LogP contribution in [0.5, 0.6) is 0 Å². The SMILES string of the molecule is CN(C)CCCN(C)CCC(N)c1ccccc1F. The van der Waals surface area contributed by atoms with Crippen molar-refractivity contribution < 1.29 is 4.39 Å². The van der Waals surface area contributed by atoms with Gasteiger partial charge in [-0.1, -0.05) is 18.2 Å². The molecule has 0 amide bonds. The molecule has 1 atom stereocenters. The molecule has 4 heteroatoms. The molecule has 1 aromatic carbocycles. The maximum Gasteiger partial charge on any atom is 0.127 e. The topological polar surface area (TPSA) is 32.5 Å². The van der Waals surface area contributed by atoms with Gasteiger partial charge in [-0.3, -0.25) is 0 Å². The number of hydrogen-bond acceptors (Lipinski definition) is 3. The molecule has 0 saturated carbocycles. The summed E-state index contributed by atoms with van der Waals surface area (Å²) >= 11 is 0. The molecule has 3 nitrogen and oxygen atoms in total. The molecule has 0 fully saturated rings. The molecule has 1 rings (SSSR count). The number of hydrogen-bond donors (Lipinski definition) is 1. The van der Waals surface area contributed by atoms with Crippen molar-refractivity contribution in [2.75, 3.05) is 40.8 Å². The van der Waals surface area contributed by atoms with Crippen molar-refractivity contribution in [2.24, 2.45) is 5.73 Å². The Morgan fingerprint density at radius 1 is 1.11 bits per heavy atom. The van der Waals surface area contributed by atoms with E-state index in [0.717, 1.165) is 32.5 Å². The van der Waals surface area contributed by atoms with E-state index in [2.05, 4.69) is 30.9 Å². The third-order valence-electron chi connectivity index (χ3n) is 3.27. The van der Waals surface area contributed by atoms with Crippen LogP contribution in [-0.2, 0) is 0 Å². The largest absolute Gasteiger partial charge is 0.324 e. The van der Waals surface area contributed by atoms with Crippen molar-refractivity contribution in [3.05, 3.63) is 35.6 Å². The van der Waals surface area contributed by atoms with Gasteiger partial charge in [0.1, 0.15) is 5.82 Å². The highest BCUT2D eigenvalue weighted by Gasteiger charge is 2.11. The van der Waals surface area contributed by atoms with Gasteiger partial charge in [-0.15, -0.1) is 0 Å². The predicted octanol–water partition coefficient (Wildman–Crippen LogP) is 2.10. The predicted molar refractivity (Wildman–Crippen MR) is 78.6 cm³/mol. The van der Waals surface area contributed by atoms with Gasteiger partial charge in [-0.2, -0.15) is 0 Å². The average molecular weight is 267 g/mol. The number of halogens is 1. The number of rotatable bonds is 8. The van der Waals surface area contributed by atoms with Crippen LogP contribution < -0.4 is 5.73 Å². The summed E-state index contributed by atoms with van der Waals surface area (Å²) in [5.41, 5.74) is 6.66. The molecule has 0 aliphatic rings. The average Bonchev–Trinajstić information content (AvgIpc) is 2.36. The molecule has 0 spiro atoms. The van der Waals surface area contributed by atoms with E-state index < -0.39 is 0 Å². The summed E-state index contributed by atoms with van der Waals surface area (Å²) in [6.07, 6.45) is 1.91. The van der Waals surface area contributed by atoms with Gasteiger partial charge in [0.2, 0.25) is 0 Å². The van der Waals surface area contributed by atoms with Gasteiger partial charge >= 0.3 is 0 Å². The number of benzene rings is 1. The van der Waals surface area contributed by atoms with Crippen molar-refractivity contribution in [3.8, 4) is 0 Å². The summed E-state index contributed by atoms with van der Waals surface area (Å²) in [5.74, 6) is -0.203. The van der Waals surface area contributed by atoms with Crippen LogP contribution in [0.25, 0.3) is 0 Å². The second kappa shape index (κ2) is 8.25. The van der Waals surface area contributed by atoms with Gasteiger partial charge in [-0.05, 0) is 59.7 Å². The van der Waals surface area contributed by atoms with Crippen molar-refractivity contribution >= 4 is 0 Å². The fraction of sp³-hybridized carbons (Fsp3) is 0.600. The van der Waals surface area contributed by atoms with Crippen LogP contribution in [0.3, 0.4) is 0 Å². The molecule has 0 bridgehead atoms. The lowest BCUT2D eigenvalue weighted by atomic mass is 10.0. The Morgan fingerprint density at radius 2 is 1.79 bits per heavy atom. The highest BCUT2D eigenvalue weighted by atomic mass is 19.1.